The van der Waals surface area contributed by atoms with Crippen LogP contribution in [0.1, 0.15) is 11.7 Å². The topological polar surface area (TPSA) is 76.4 Å². The number of hydrogen-bond donors (Lipinski definition) is 2. The molecule has 0 spiro atoms. The number of benzene rings is 1. The maximum Gasteiger partial charge on any atom is 0.238 e. The van der Waals surface area contributed by atoms with Crippen molar-refractivity contribution in [3.05, 3.63) is 42.1 Å². The van der Waals surface area contributed by atoms with Gasteiger partial charge in [0.05, 0.1) is 32.1 Å². The molecule has 106 valence electrons. The minimum Gasteiger partial charge on any atom is -0.495 e. The van der Waals surface area contributed by atoms with Gasteiger partial charge in [0.2, 0.25) is 11.8 Å². The van der Waals surface area contributed by atoms with Crippen LogP contribution in [0.3, 0.4) is 0 Å². The van der Waals surface area contributed by atoms with Crippen LogP contribution in [0.2, 0.25) is 0 Å². The van der Waals surface area contributed by atoms with Crippen molar-refractivity contribution in [1.29, 1.82) is 0 Å². The zero-order valence-electron chi connectivity index (χ0n) is 11.5. The Kier molecular flexibility index (Phi) is 4.73. The minimum atomic E-state index is -0.155. The van der Waals surface area contributed by atoms with Crippen molar-refractivity contribution in [3.8, 4) is 5.75 Å². The fourth-order valence-corrected chi connectivity index (χ4v) is 1.71. The second-order valence-corrected chi connectivity index (χ2v) is 4.22. The monoisotopic (exact) mass is 275 g/mol. The van der Waals surface area contributed by atoms with E-state index in [1.165, 1.54) is 0 Å². The van der Waals surface area contributed by atoms with E-state index in [2.05, 4.69) is 15.6 Å². The van der Waals surface area contributed by atoms with E-state index in [1.54, 1.807) is 25.4 Å². The highest BCUT2D eigenvalue weighted by Crippen LogP contribution is 2.22. The van der Waals surface area contributed by atoms with Gasteiger partial charge in [-0.15, -0.1) is 0 Å². The van der Waals surface area contributed by atoms with Gasteiger partial charge in [0.15, 0.2) is 0 Å². The van der Waals surface area contributed by atoms with E-state index in [0.29, 0.717) is 23.9 Å². The van der Waals surface area contributed by atoms with Crippen molar-refractivity contribution in [1.82, 2.24) is 10.3 Å². The molecule has 0 aliphatic carbocycles. The van der Waals surface area contributed by atoms with Crippen molar-refractivity contribution in [2.24, 2.45) is 0 Å². The van der Waals surface area contributed by atoms with Gasteiger partial charge in [-0.3, -0.25) is 10.1 Å². The molecular formula is C14H17N3O3. The van der Waals surface area contributed by atoms with Crippen LogP contribution in [-0.2, 0) is 11.3 Å². The second-order valence-electron chi connectivity index (χ2n) is 4.22. The first-order chi connectivity index (χ1) is 9.69. The Bertz CT molecular complexity index is 581. The molecule has 2 rings (SSSR count). The molecule has 0 saturated carbocycles. The van der Waals surface area contributed by atoms with Gasteiger partial charge in [-0.25, -0.2) is 4.98 Å². The first-order valence-electron chi connectivity index (χ1n) is 6.24. The van der Waals surface area contributed by atoms with E-state index in [0.717, 1.165) is 5.76 Å². The molecule has 6 nitrogen and oxygen atoms in total. The lowest BCUT2D eigenvalue weighted by Crippen LogP contribution is -2.27. The number of aromatic nitrogens is 1. The van der Waals surface area contributed by atoms with Gasteiger partial charge in [0.25, 0.3) is 0 Å². The molecule has 0 aliphatic heterocycles. The number of hydrogen-bond acceptors (Lipinski definition) is 5. The summed E-state index contributed by atoms with van der Waals surface area (Å²) in [7, 11) is 1.56. The third kappa shape index (κ3) is 3.83. The smallest absolute Gasteiger partial charge is 0.238 e. The molecule has 1 aromatic carbocycles. The highest BCUT2D eigenvalue weighted by Gasteiger charge is 2.07. The zero-order valence-corrected chi connectivity index (χ0v) is 11.5. The summed E-state index contributed by atoms with van der Waals surface area (Å²) in [6, 6.07) is 7.26. The van der Waals surface area contributed by atoms with Gasteiger partial charge >= 0.3 is 0 Å². The molecule has 0 saturated heterocycles. The van der Waals surface area contributed by atoms with Crippen LogP contribution in [0.5, 0.6) is 5.75 Å². The van der Waals surface area contributed by atoms with Crippen LogP contribution in [0.15, 0.2) is 34.9 Å². The number of methoxy groups -OCH3 is 1. The van der Waals surface area contributed by atoms with Gasteiger partial charge in [0.1, 0.15) is 11.5 Å². The highest BCUT2D eigenvalue weighted by atomic mass is 16.5. The lowest BCUT2D eigenvalue weighted by molar-refractivity contribution is -0.115. The van der Waals surface area contributed by atoms with Gasteiger partial charge < -0.3 is 14.5 Å². The summed E-state index contributed by atoms with van der Waals surface area (Å²) in [5.74, 6) is 1.79. The Morgan fingerprint density at radius 3 is 2.90 bits per heavy atom. The Balaban J connectivity index is 1.80. The molecule has 6 heteroatoms. The predicted octanol–water partition coefficient (Wildman–Crippen LogP) is 1.72. The van der Waals surface area contributed by atoms with E-state index in [-0.39, 0.29) is 12.5 Å². The Labute approximate surface area is 117 Å². The standard InChI is InChI=1S/C14H17N3O3/c1-10-7-16-14(20-10)9-15-8-13(18)17-11-5-3-4-6-12(11)19-2/h3-7,15H,8-9H2,1-2H3,(H,17,18). The van der Waals surface area contributed by atoms with E-state index >= 15 is 0 Å². The quantitative estimate of drug-likeness (QED) is 0.839. The Hall–Kier alpha value is -2.34. The average molecular weight is 275 g/mol. The SMILES string of the molecule is COc1ccccc1NC(=O)CNCc1ncc(C)o1. The number of anilines is 1. The number of nitrogens with zero attached hydrogens (tertiary/aromatic N) is 1. The number of oxazole rings is 1. The molecule has 2 aromatic rings. The van der Waals surface area contributed by atoms with Crippen molar-refractivity contribution >= 4 is 11.6 Å². The number of aryl methyl sites for hydroxylation is 1. The molecule has 1 aromatic heterocycles. The first kappa shape index (κ1) is 14.1. The van der Waals surface area contributed by atoms with E-state index < -0.39 is 0 Å². The minimum absolute atomic E-state index is 0.155. The van der Waals surface area contributed by atoms with E-state index in [4.69, 9.17) is 9.15 Å². The molecule has 0 bridgehead atoms. The zero-order chi connectivity index (χ0) is 14.4. The van der Waals surface area contributed by atoms with Gasteiger partial charge in [0, 0.05) is 0 Å². The molecule has 0 atom stereocenters. The summed E-state index contributed by atoms with van der Waals surface area (Å²) in [4.78, 5) is 15.8. The number of carbonyl (C=O) groups is 1. The van der Waals surface area contributed by atoms with Crippen LogP contribution < -0.4 is 15.4 Å². The Morgan fingerprint density at radius 2 is 2.20 bits per heavy atom. The summed E-state index contributed by atoms with van der Waals surface area (Å²) >= 11 is 0. The van der Waals surface area contributed by atoms with Crippen LogP contribution in [0.25, 0.3) is 0 Å². The maximum absolute atomic E-state index is 11.8. The molecule has 0 fully saturated rings. The molecule has 2 N–H and O–H groups in total. The summed E-state index contributed by atoms with van der Waals surface area (Å²) in [6.45, 7) is 2.40. The van der Waals surface area contributed by atoms with Crippen LogP contribution in [-0.4, -0.2) is 24.5 Å². The third-order valence-electron chi connectivity index (χ3n) is 2.61. The van der Waals surface area contributed by atoms with E-state index in [9.17, 15) is 4.79 Å². The van der Waals surface area contributed by atoms with Crippen molar-refractivity contribution in [2.75, 3.05) is 19.0 Å². The van der Waals surface area contributed by atoms with Crippen molar-refractivity contribution in [2.45, 2.75) is 13.5 Å². The normalized spacial score (nSPS) is 10.3. The summed E-state index contributed by atoms with van der Waals surface area (Å²) < 4.78 is 10.5. The van der Waals surface area contributed by atoms with Crippen molar-refractivity contribution in [3.63, 3.8) is 0 Å². The van der Waals surface area contributed by atoms with Gasteiger partial charge in [-0.1, -0.05) is 12.1 Å². The molecule has 20 heavy (non-hydrogen) atoms. The number of ether oxygens (including phenoxy) is 1. The number of rotatable bonds is 6. The van der Waals surface area contributed by atoms with Crippen molar-refractivity contribution < 1.29 is 13.9 Å². The average Bonchev–Trinajstić information content (AvgIpc) is 2.85. The molecule has 1 heterocycles. The molecule has 0 aliphatic rings. The second kappa shape index (κ2) is 6.72. The fraction of sp³-hybridized carbons (Fsp3) is 0.286. The maximum atomic E-state index is 11.8. The fourth-order valence-electron chi connectivity index (χ4n) is 1.71. The number of nitrogens with one attached hydrogen (secondary N) is 2. The van der Waals surface area contributed by atoms with Gasteiger partial charge in [-0.2, -0.15) is 0 Å². The summed E-state index contributed by atoms with van der Waals surface area (Å²) in [5.41, 5.74) is 0.647. The van der Waals surface area contributed by atoms with Crippen LogP contribution in [0, 0.1) is 6.92 Å². The third-order valence-corrected chi connectivity index (χ3v) is 2.61. The Morgan fingerprint density at radius 1 is 1.40 bits per heavy atom. The van der Waals surface area contributed by atoms with Crippen LogP contribution in [0.4, 0.5) is 5.69 Å². The molecule has 1 amide bonds. The molecular weight excluding hydrogens is 258 g/mol. The number of para-hydroxylation sites is 2. The molecule has 0 unspecified atom stereocenters. The first-order valence-corrected chi connectivity index (χ1v) is 6.24. The largest absolute Gasteiger partial charge is 0.495 e. The lowest BCUT2D eigenvalue weighted by atomic mass is 10.3. The number of carbonyl (C=O) groups excluding carboxylic acids is 1. The van der Waals surface area contributed by atoms with Gasteiger partial charge in [-0.05, 0) is 19.1 Å². The summed E-state index contributed by atoms with van der Waals surface area (Å²) in [5, 5.41) is 5.74. The number of amides is 1. The van der Waals surface area contributed by atoms with E-state index in [1.807, 2.05) is 19.1 Å². The highest BCUT2D eigenvalue weighted by molar-refractivity contribution is 5.93. The molecule has 0 radical (unpaired) electrons. The van der Waals surface area contributed by atoms with Crippen LogP contribution >= 0.6 is 0 Å². The lowest BCUT2D eigenvalue weighted by Gasteiger charge is -2.09. The predicted molar refractivity (Wildman–Crippen MR) is 74.6 cm³/mol. The summed E-state index contributed by atoms with van der Waals surface area (Å²) in [6.07, 6.45) is 1.64.